The molecule has 1 unspecified atom stereocenters. The predicted octanol–water partition coefficient (Wildman–Crippen LogP) is 0.997. The summed E-state index contributed by atoms with van der Waals surface area (Å²) in [5.74, 6) is 0.463. The van der Waals surface area contributed by atoms with Gasteiger partial charge in [-0.25, -0.2) is 0 Å². The highest BCUT2D eigenvalue weighted by atomic mass is 16.5. The van der Waals surface area contributed by atoms with Gasteiger partial charge in [-0.2, -0.15) is 0 Å². The summed E-state index contributed by atoms with van der Waals surface area (Å²) in [6.45, 7) is 7.61. The highest BCUT2D eigenvalue weighted by Crippen LogP contribution is 2.30. The molecule has 1 aliphatic carbocycles. The molecule has 0 amide bonds. The first kappa shape index (κ1) is 13.5. The lowest BCUT2D eigenvalue weighted by Gasteiger charge is -2.33. The van der Waals surface area contributed by atoms with Gasteiger partial charge in [0, 0.05) is 19.1 Å². The number of rotatable bonds is 6. The van der Waals surface area contributed by atoms with Crippen LogP contribution in [0.1, 0.15) is 33.6 Å². The van der Waals surface area contributed by atoms with Crippen molar-refractivity contribution in [2.45, 2.75) is 45.2 Å². The Morgan fingerprint density at radius 2 is 2.12 bits per heavy atom. The molecule has 0 aromatic carbocycles. The van der Waals surface area contributed by atoms with E-state index in [0.717, 1.165) is 12.5 Å². The minimum absolute atomic E-state index is 0.339. The molecule has 1 atom stereocenters. The maximum Gasteiger partial charge on any atom is 0.326 e. The molecular formula is C12H24N2O2. The molecule has 0 radical (unpaired) electrons. The number of methoxy groups -OCH3 is 1. The first-order valence-corrected chi connectivity index (χ1v) is 5.98. The molecule has 4 nitrogen and oxygen atoms in total. The SMILES string of the molecule is COC(=O)C(C)(N)CN(CC1CC1)C(C)C. The van der Waals surface area contributed by atoms with E-state index in [9.17, 15) is 4.79 Å². The topological polar surface area (TPSA) is 55.6 Å². The fourth-order valence-electron chi connectivity index (χ4n) is 1.81. The first-order valence-electron chi connectivity index (χ1n) is 5.98. The van der Waals surface area contributed by atoms with Gasteiger partial charge >= 0.3 is 5.97 Å². The second kappa shape index (κ2) is 5.15. The highest BCUT2D eigenvalue weighted by molar-refractivity contribution is 5.80. The maximum atomic E-state index is 11.5. The van der Waals surface area contributed by atoms with Crippen molar-refractivity contribution in [1.29, 1.82) is 0 Å². The molecule has 1 aliphatic rings. The molecule has 0 aromatic rings. The van der Waals surface area contributed by atoms with Gasteiger partial charge in [-0.15, -0.1) is 0 Å². The molecule has 0 bridgehead atoms. The van der Waals surface area contributed by atoms with Crippen molar-refractivity contribution >= 4 is 5.97 Å². The molecular weight excluding hydrogens is 204 g/mol. The van der Waals surface area contributed by atoms with Gasteiger partial charge in [0.2, 0.25) is 0 Å². The maximum absolute atomic E-state index is 11.5. The van der Waals surface area contributed by atoms with Crippen LogP contribution in [-0.2, 0) is 9.53 Å². The molecule has 0 spiro atoms. The average molecular weight is 228 g/mol. The first-order chi connectivity index (χ1) is 7.36. The summed E-state index contributed by atoms with van der Waals surface area (Å²) >= 11 is 0. The molecule has 0 aliphatic heterocycles. The van der Waals surface area contributed by atoms with Crippen molar-refractivity contribution in [1.82, 2.24) is 4.90 Å². The van der Waals surface area contributed by atoms with Gasteiger partial charge in [0.1, 0.15) is 5.54 Å². The van der Waals surface area contributed by atoms with Crippen LogP contribution in [0.5, 0.6) is 0 Å². The van der Waals surface area contributed by atoms with E-state index >= 15 is 0 Å². The number of carbonyl (C=O) groups is 1. The summed E-state index contributed by atoms with van der Waals surface area (Å²) in [6, 6.07) is 0.410. The number of esters is 1. The largest absolute Gasteiger partial charge is 0.468 e. The Bertz CT molecular complexity index is 247. The van der Waals surface area contributed by atoms with Gasteiger partial charge in [-0.1, -0.05) is 0 Å². The third-order valence-corrected chi connectivity index (χ3v) is 3.10. The molecule has 0 aromatic heterocycles. The van der Waals surface area contributed by atoms with Crippen LogP contribution in [-0.4, -0.2) is 42.6 Å². The molecule has 0 heterocycles. The molecule has 0 saturated heterocycles. The van der Waals surface area contributed by atoms with E-state index in [1.807, 2.05) is 0 Å². The highest BCUT2D eigenvalue weighted by Gasteiger charge is 2.34. The fourth-order valence-corrected chi connectivity index (χ4v) is 1.81. The standard InChI is InChI=1S/C12H24N2O2/c1-9(2)14(7-10-5-6-10)8-12(3,13)11(15)16-4/h9-10H,5-8,13H2,1-4H3. The number of hydrogen-bond acceptors (Lipinski definition) is 4. The summed E-state index contributed by atoms with van der Waals surface area (Å²) < 4.78 is 4.73. The van der Waals surface area contributed by atoms with Crippen LogP contribution in [0.25, 0.3) is 0 Å². The molecule has 1 fully saturated rings. The number of ether oxygens (including phenoxy) is 1. The lowest BCUT2D eigenvalue weighted by molar-refractivity contribution is -0.147. The van der Waals surface area contributed by atoms with Crippen molar-refractivity contribution in [2.75, 3.05) is 20.2 Å². The quantitative estimate of drug-likeness (QED) is 0.689. The second-order valence-corrected chi connectivity index (χ2v) is 5.38. The second-order valence-electron chi connectivity index (χ2n) is 5.38. The number of hydrogen-bond donors (Lipinski definition) is 1. The van der Waals surface area contributed by atoms with Crippen LogP contribution in [0.2, 0.25) is 0 Å². The summed E-state index contributed by atoms with van der Waals surface area (Å²) in [4.78, 5) is 13.8. The zero-order chi connectivity index (χ0) is 12.3. The van der Waals surface area contributed by atoms with Gasteiger partial charge in [0.05, 0.1) is 7.11 Å². The normalized spacial score (nSPS) is 19.9. The van der Waals surface area contributed by atoms with E-state index in [1.165, 1.54) is 20.0 Å². The smallest absolute Gasteiger partial charge is 0.326 e. The number of nitrogens with zero attached hydrogens (tertiary/aromatic N) is 1. The lowest BCUT2D eigenvalue weighted by Crippen LogP contribution is -2.56. The Morgan fingerprint density at radius 1 is 1.56 bits per heavy atom. The van der Waals surface area contributed by atoms with Gasteiger partial charge in [0.15, 0.2) is 0 Å². The summed E-state index contributed by atoms with van der Waals surface area (Å²) in [5, 5.41) is 0. The van der Waals surface area contributed by atoms with Crippen LogP contribution in [0.3, 0.4) is 0 Å². The fraction of sp³-hybridized carbons (Fsp3) is 0.917. The van der Waals surface area contributed by atoms with Crippen LogP contribution in [0.4, 0.5) is 0 Å². The Balaban J connectivity index is 2.54. The Labute approximate surface area is 98.1 Å². The van der Waals surface area contributed by atoms with E-state index in [0.29, 0.717) is 12.6 Å². The molecule has 4 heteroatoms. The summed E-state index contributed by atoms with van der Waals surface area (Å²) in [7, 11) is 1.38. The zero-order valence-corrected chi connectivity index (χ0v) is 10.8. The van der Waals surface area contributed by atoms with Crippen molar-refractivity contribution in [3.05, 3.63) is 0 Å². The third kappa shape index (κ3) is 3.76. The zero-order valence-electron chi connectivity index (χ0n) is 10.8. The Morgan fingerprint density at radius 3 is 2.50 bits per heavy atom. The molecule has 1 rings (SSSR count). The molecule has 16 heavy (non-hydrogen) atoms. The summed E-state index contributed by atoms with van der Waals surface area (Å²) in [5.41, 5.74) is 5.08. The summed E-state index contributed by atoms with van der Waals surface area (Å²) in [6.07, 6.45) is 2.62. The molecule has 1 saturated carbocycles. The van der Waals surface area contributed by atoms with E-state index in [4.69, 9.17) is 10.5 Å². The van der Waals surface area contributed by atoms with Gasteiger partial charge in [-0.3, -0.25) is 9.69 Å². The number of carbonyl (C=O) groups excluding carboxylic acids is 1. The predicted molar refractivity (Wildman–Crippen MR) is 64.0 cm³/mol. The minimum atomic E-state index is -0.909. The monoisotopic (exact) mass is 228 g/mol. The van der Waals surface area contributed by atoms with Crippen LogP contribution < -0.4 is 5.73 Å². The van der Waals surface area contributed by atoms with Crippen LogP contribution >= 0.6 is 0 Å². The minimum Gasteiger partial charge on any atom is -0.468 e. The van der Waals surface area contributed by atoms with Gasteiger partial charge < -0.3 is 10.5 Å². The van der Waals surface area contributed by atoms with Crippen molar-refractivity contribution < 1.29 is 9.53 Å². The number of nitrogens with two attached hydrogens (primary N) is 1. The van der Waals surface area contributed by atoms with E-state index in [1.54, 1.807) is 6.92 Å². The lowest BCUT2D eigenvalue weighted by atomic mass is 10.0. The van der Waals surface area contributed by atoms with Crippen molar-refractivity contribution in [2.24, 2.45) is 11.7 Å². The Kier molecular flexibility index (Phi) is 4.33. The van der Waals surface area contributed by atoms with E-state index in [2.05, 4.69) is 18.7 Å². The van der Waals surface area contributed by atoms with Crippen LogP contribution in [0, 0.1) is 5.92 Å². The van der Waals surface area contributed by atoms with E-state index < -0.39 is 5.54 Å². The van der Waals surface area contributed by atoms with Crippen molar-refractivity contribution in [3.8, 4) is 0 Å². The van der Waals surface area contributed by atoms with E-state index in [-0.39, 0.29) is 5.97 Å². The van der Waals surface area contributed by atoms with Gasteiger partial charge in [-0.05, 0) is 39.5 Å². The average Bonchev–Trinajstić information content (AvgIpc) is 2.98. The molecule has 2 N–H and O–H groups in total. The van der Waals surface area contributed by atoms with Crippen molar-refractivity contribution in [3.63, 3.8) is 0 Å². The van der Waals surface area contributed by atoms with Gasteiger partial charge in [0.25, 0.3) is 0 Å². The van der Waals surface area contributed by atoms with Crippen LogP contribution in [0.15, 0.2) is 0 Å². The Hall–Kier alpha value is -0.610. The molecule has 94 valence electrons. The third-order valence-electron chi connectivity index (χ3n) is 3.10.